The smallest absolute Gasteiger partial charge is 0.308 e. The van der Waals surface area contributed by atoms with Crippen LogP contribution in [-0.2, 0) is 18.5 Å². The summed E-state index contributed by atoms with van der Waals surface area (Å²) in [5.74, 6) is 0.248. The molecule has 0 spiro atoms. The van der Waals surface area contributed by atoms with Crippen molar-refractivity contribution in [2.45, 2.75) is 56.1 Å². The molecule has 0 saturated carbocycles. The first-order valence-electron chi connectivity index (χ1n) is 13.2. The standard InChI is InChI=1S/C31H31FN6OS/c1-5-20-15-25-26(16-21(20)6-2)33-19-34-29(25)40-24-14-10-11-22(17-24)35-30(39)36-28-18-27(31(3,4)32)38(37-28)23-12-8-7-9-13-23/h7-19H,5-6H2,1-4H3,(H2,35,36,37,39). The number of aromatic nitrogens is 4. The van der Waals surface area contributed by atoms with Gasteiger partial charge < -0.3 is 5.32 Å². The molecule has 0 aliphatic rings. The molecule has 5 rings (SSSR count). The summed E-state index contributed by atoms with van der Waals surface area (Å²) < 4.78 is 16.5. The fourth-order valence-electron chi connectivity index (χ4n) is 4.57. The van der Waals surface area contributed by atoms with Crippen molar-refractivity contribution in [1.82, 2.24) is 19.7 Å². The number of carbonyl (C=O) groups is 1. The molecule has 0 saturated heterocycles. The molecule has 0 aliphatic heterocycles. The third-order valence-corrected chi connectivity index (χ3v) is 7.56. The molecule has 0 fully saturated rings. The lowest BCUT2D eigenvalue weighted by Gasteiger charge is -2.16. The number of para-hydroxylation sites is 1. The molecule has 0 atom stereocenters. The number of hydrogen-bond acceptors (Lipinski definition) is 5. The number of nitrogens with zero attached hydrogens (tertiary/aromatic N) is 4. The van der Waals surface area contributed by atoms with Crippen LogP contribution >= 0.6 is 11.8 Å². The van der Waals surface area contributed by atoms with Crippen LogP contribution in [0.4, 0.5) is 20.7 Å². The van der Waals surface area contributed by atoms with Crippen LogP contribution < -0.4 is 10.6 Å². The van der Waals surface area contributed by atoms with Gasteiger partial charge in [-0.3, -0.25) is 5.32 Å². The quantitative estimate of drug-likeness (QED) is 0.190. The number of hydrogen-bond donors (Lipinski definition) is 2. The van der Waals surface area contributed by atoms with Gasteiger partial charge in [-0.15, -0.1) is 5.10 Å². The molecule has 9 heteroatoms. The van der Waals surface area contributed by atoms with Crippen molar-refractivity contribution >= 4 is 40.2 Å². The van der Waals surface area contributed by atoms with Gasteiger partial charge in [0.25, 0.3) is 0 Å². The number of alkyl halides is 1. The first-order chi connectivity index (χ1) is 19.2. The summed E-state index contributed by atoms with van der Waals surface area (Å²) in [5.41, 5.74) is 3.51. The van der Waals surface area contributed by atoms with Crippen LogP contribution in [0.1, 0.15) is 44.5 Å². The molecule has 2 amide bonds. The van der Waals surface area contributed by atoms with Gasteiger partial charge in [0.15, 0.2) is 5.82 Å². The SMILES string of the molecule is CCc1cc2ncnc(Sc3cccc(NC(=O)Nc4cc(C(C)(C)F)n(-c5ccccc5)n4)c3)c2cc1CC. The van der Waals surface area contributed by atoms with E-state index in [4.69, 9.17) is 0 Å². The van der Waals surface area contributed by atoms with Crippen LogP contribution in [0.15, 0.2) is 89.0 Å². The van der Waals surface area contributed by atoms with Crippen molar-refractivity contribution in [2.75, 3.05) is 10.6 Å². The van der Waals surface area contributed by atoms with E-state index in [9.17, 15) is 9.18 Å². The summed E-state index contributed by atoms with van der Waals surface area (Å²) in [6.45, 7) is 7.23. The monoisotopic (exact) mass is 554 g/mol. The van der Waals surface area contributed by atoms with E-state index in [0.717, 1.165) is 33.7 Å². The summed E-state index contributed by atoms with van der Waals surface area (Å²) in [6.07, 6.45) is 3.49. The van der Waals surface area contributed by atoms with E-state index in [1.165, 1.54) is 41.4 Å². The Morgan fingerprint density at radius 2 is 1.68 bits per heavy atom. The zero-order chi connectivity index (χ0) is 28.3. The van der Waals surface area contributed by atoms with Gasteiger partial charge in [0.1, 0.15) is 17.0 Å². The number of urea groups is 1. The van der Waals surface area contributed by atoms with Gasteiger partial charge in [0.05, 0.1) is 16.9 Å². The van der Waals surface area contributed by atoms with Crippen LogP contribution in [0.25, 0.3) is 16.6 Å². The molecular formula is C31H31FN6OS. The highest BCUT2D eigenvalue weighted by Crippen LogP contribution is 2.34. The normalized spacial score (nSPS) is 11.5. The number of aryl methyl sites for hydroxylation is 2. The molecule has 2 aromatic heterocycles. The van der Waals surface area contributed by atoms with Gasteiger partial charge in [-0.1, -0.05) is 49.9 Å². The summed E-state index contributed by atoms with van der Waals surface area (Å²) in [5, 5.41) is 11.9. The van der Waals surface area contributed by atoms with E-state index < -0.39 is 11.7 Å². The van der Waals surface area contributed by atoms with E-state index in [-0.39, 0.29) is 5.82 Å². The molecule has 2 N–H and O–H groups in total. The van der Waals surface area contributed by atoms with Gasteiger partial charge in [0.2, 0.25) is 0 Å². The van der Waals surface area contributed by atoms with Crippen molar-refractivity contribution in [1.29, 1.82) is 0 Å². The number of rotatable bonds is 8. The molecule has 5 aromatic rings. The van der Waals surface area contributed by atoms with Crippen LogP contribution in [0.5, 0.6) is 0 Å². The first kappa shape index (κ1) is 27.3. The highest BCUT2D eigenvalue weighted by Gasteiger charge is 2.26. The van der Waals surface area contributed by atoms with Crippen LogP contribution in [0, 0.1) is 0 Å². The molecule has 40 heavy (non-hydrogen) atoms. The molecular weight excluding hydrogens is 523 g/mol. The fourth-order valence-corrected chi connectivity index (χ4v) is 5.50. The second-order valence-electron chi connectivity index (χ2n) is 9.87. The van der Waals surface area contributed by atoms with E-state index in [1.54, 1.807) is 12.4 Å². The van der Waals surface area contributed by atoms with E-state index in [2.05, 4.69) is 51.7 Å². The Bertz CT molecular complexity index is 1660. The van der Waals surface area contributed by atoms with Gasteiger partial charge in [0, 0.05) is 22.0 Å². The zero-order valence-corrected chi connectivity index (χ0v) is 23.7. The van der Waals surface area contributed by atoms with Gasteiger partial charge >= 0.3 is 6.03 Å². The van der Waals surface area contributed by atoms with E-state index >= 15 is 0 Å². The van der Waals surface area contributed by atoms with Gasteiger partial charge in [-0.2, -0.15) is 0 Å². The predicted molar refractivity (Wildman–Crippen MR) is 159 cm³/mol. The summed E-state index contributed by atoms with van der Waals surface area (Å²) >= 11 is 1.52. The molecule has 0 aliphatic carbocycles. The molecule has 7 nitrogen and oxygen atoms in total. The maximum Gasteiger partial charge on any atom is 0.324 e. The van der Waals surface area contributed by atoms with Crippen LogP contribution in [0.2, 0.25) is 0 Å². The van der Waals surface area contributed by atoms with Crippen molar-refractivity contribution in [3.05, 3.63) is 95.9 Å². The molecule has 2 heterocycles. The lowest BCUT2D eigenvalue weighted by Crippen LogP contribution is -2.19. The maximum atomic E-state index is 15.0. The van der Waals surface area contributed by atoms with Gasteiger partial charge in [-0.25, -0.2) is 23.8 Å². The third kappa shape index (κ3) is 5.99. The van der Waals surface area contributed by atoms with Crippen LogP contribution in [-0.4, -0.2) is 25.8 Å². The number of nitrogens with one attached hydrogen (secondary N) is 2. The maximum absolute atomic E-state index is 15.0. The number of halogens is 1. The van der Waals surface area contributed by atoms with Crippen molar-refractivity contribution in [3.63, 3.8) is 0 Å². The number of carbonyl (C=O) groups excluding carboxylic acids is 1. The fraction of sp³-hybridized carbons (Fsp3) is 0.226. The Morgan fingerprint density at radius 3 is 2.40 bits per heavy atom. The minimum Gasteiger partial charge on any atom is -0.308 e. The minimum absolute atomic E-state index is 0.248. The zero-order valence-electron chi connectivity index (χ0n) is 22.9. The van der Waals surface area contributed by atoms with E-state index in [0.29, 0.717) is 17.1 Å². The highest BCUT2D eigenvalue weighted by atomic mass is 32.2. The predicted octanol–water partition coefficient (Wildman–Crippen LogP) is 7.94. The van der Waals surface area contributed by atoms with Crippen molar-refractivity contribution in [3.8, 4) is 5.69 Å². The molecule has 0 radical (unpaired) electrons. The topological polar surface area (TPSA) is 84.7 Å². The molecule has 204 valence electrons. The Morgan fingerprint density at radius 1 is 0.925 bits per heavy atom. The highest BCUT2D eigenvalue weighted by molar-refractivity contribution is 7.99. The first-order valence-corrected chi connectivity index (χ1v) is 14.0. The summed E-state index contributed by atoms with van der Waals surface area (Å²) in [6, 6.07) is 22.2. The number of amides is 2. The third-order valence-electron chi connectivity index (χ3n) is 6.55. The second kappa shape index (κ2) is 11.5. The minimum atomic E-state index is -1.66. The van der Waals surface area contributed by atoms with Crippen molar-refractivity contribution < 1.29 is 9.18 Å². The Labute approximate surface area is 237 Å². The molecule has 0 unspecified atom stereocenters. The Hall–Kier alpha value is -4.24. The van der Waals surface area contributed by atoms with Crippen molar-refractivity contribution in [2.24, 2.45) is 0 Å². The second-order valence-corrected chi connectivity index (χ2v) is 10.9. The average molecular weight is 555 g/mol. The number of fused-ring (bicyclic) bond motifs is 1. The summed E-state index contributed by atoms with van der Waals surface area (Å²) in [4.78, 5) is 22.8. The molecule has 3 aromatic carbocycles. The average Bonchev–Trinajstić information content (AvgIpc) is 3.37. The largest absolute Gasteiger partial charge is 0.324 e. The number of anilines is 2. The lowest BCUT2D eigenvalue weighted by atomic mass is 10.0. The van der Waals surface area contributed by atoms with E-state index in [1.807, 2.05) is 54.6 Å². The van der Waals surface area contributed by atoms with Gasteiger partial charge in [-0.05, 0) is 80.3 Å². The number of benzene rings is 3. The lowest BCUT2D eigenvalue weighted by molar-refractivity contribution is 0.209. The molecule has 0 bridgehead atoms. The Balaban J connectivity index is 1.34. The summed E-state index contributed by atoms with van der Waals surface area (Å²) in [7, 11) is 0. The Kier molecular flexibility index (Phi) is 7.84. The van der Waals surface area contributed by atoms with Crippen LogP contribution in [0.3, 0.4) is 0 Å².